The number of fused-ring (bicyclic) bond motifs is 1. The van der Waals surface area contributed by atoms with Gasteiger partial charge in [0.25, 0.3) is 0 Å². The first-order valence-corrected chi connectivity index (χ1v) is 16.0. The van der Waals surface area contributed by atoms with Crippen molar-refractivity contribution in [3.8, 4) is 39.4 Å². The number of halogens is 2. The molecule has 0 radical (unpaired) electrons. The van der Waals surface area contributed by atoms with Crippen molar-refractivity contribution in [1.29, 1.82) is 0 Å². The van der Waals surface area contributed by atoms with Gasteiger partial charge in [0, 0.05) is 59.9 Å². The van der Waals surface area contributed by atoms with Crippen molar-refractivity contribution >= 4 is 40.8 Å². The molecule has 0 aliphatic carbocycles. The first-order valence-electron chi connectivity index (χ1n) is 15.2. The monoisotopic (exact) mass is 675 g/mol. The molecule has 0 unspecified atom stereocenters. The topological polar surface area (TPSA) is 138 Å². The average Bonchev–Trinajstić information content (AvgIpc) is 3.46. The molecule has 3 heterocycles. The van der Waals surface area contributed by atoms with Gasteiger partial charge in [-0.05, 0) is 49.7 Å². The van der Waals surface area contributed by atoms with E-state index in [4.69, 9.17) is 43.1 Å². The molecule has 10 nitrogen and oxygen atoms in total. The predicted molar refractivity (Wildman–Crippen MR) is 183 cm³/mol. The fourth-order valence-corrected chi connectivity index (χ4v) is 5.98. The molecule has 0 saturated carbocycles. The fraction of sp³-hybridized carbons (Fsp3) is 0.257. The van der Waals surface area contributed by atoms with Gasteiger partial charge in [0.05, 0.1) is 34.7 Å². The van der Waals surface area contributed by atoms with Crippen LogP contribution in [0.2, 0.25) is 10.0 Å². The number of benzene rings is 2. The number of ether oxygens (including phenoxy) is 1. The van der Waals surface area contributed by atoms with Crippen molar-refractivity contribution in [2.45, 2.75) is 38.8 Å². The first-order chi connectivity index (χ1) is 22.8. The summed E-state index contributed by atoms with van der Waals surface area (Å²) < 4.78 is 7.58. The Hall–Kier alpha value is -4.48. The van der Waals surface area contributed by atoms with Crippen LogP contribution in [-0.4, -0.2) is 56.7 Å². The van der Waals surface area contributed by atoms with Crippen LogP contribution in [-0.2, 0) is 22.7 Å². The summed E-state index contributed by atoms with van der Waals surface area (Å²) in [5.74, 6) is -1.16. The van der Waals surface area contributed by atoms with Crippen molar-refractivity contribution in [2.24, 2.45) is 0 Å². The summed E-state index contributed by atoms with van der Waals surface area (Å²) in [5, 5.41) is 25.3. The third-order valence-electron chi connectivity index (χ3n) is 7.70. The summed E-state index contributed by atoms with van der Waals surface area (Å²) in [7, 11) is 1.56. The molecule has 3 aromatic heterocycles. The fourth-order valence-electron chi connectivity index (χ4n) is 5.32. The molecular formula is C35H35Cl2N5O5. The molecular weight excluding hydrogens is 641 g/mol. The average molecular weight is 677 g/mol. The molecule has 47 heavy (non-hydrogen) atoms. The van der Waals surface area contributed by atoms with Crippen molar-refractivity contribution < 1.29 is 24.5 Å². The number of imidazole rings is 1. The Morgan fingerprint density at radius 3 is 2.09 bits per heavy atom. The molecule has 0 aliphatic heterocycles. The zero-order valence-corrected chi connectivity index (χ0v) is 27.3. The summed E-state index contributed by atoms with van der Waals surface area (Å²) in [6.45, 7) is 2.19. The van der Waals surface area contributed by atoms with E-state index < -0.39 is 11.9 Å². The second kappa shape index (κ2) is 15.9. The lowest BCUT2D eigenvalue weighted by molar-refractivity contribution is -0.138. The van der Waals surface area contributed by atoms with Gasteiger partial charge in [-0.2, -0.15) is 0 Å². The standard InChI is InChI=1S/C35H35Cl2N5O5/c1-47-35-22(18-38-16-4-10-31(43)44)12-14-29(41-35)28-9-3-8-27(34(28)37)26-7-2-6-25(33(26)36)23-13-15-30-40-20-24(42(30)21-23)19-39-17-5-11-32(45)46/h2-3,6-9,12-15,20-21,38-39H,4-5,10-11,16-19H2,1H3,(H,43,44)(H,45,46). The van der Waals surface area contributed by atoms with E-state index in [-0.39, 0.29) is 12.8 Å². The van der Waals surface area contributed by atoms with Gasteiger partial charge in [-0.15, -0.1) is 0 Å². The van der Waals surface area contributed by atoms with Gasteiger partial charge < -0.3 is 30.0 Å². The summed E-state index contributed by atoms with van der Waals surface area (Å²) in [5.41, 5.74) is 7.23. The Morgan fingerprint density at radius 1 is 0.809 bits per heavy atom. The number of aromatic nitrogens is 3. The lowest BCUT2D eigenvalue weighted by Gasteiger charge is -2.15. The second-order valence-corrected chi connectivity index (χ2v) is 11.7. The lowest BCUT2D eigenvalue weighted by atomic mass is 9.97. The smallest absolute Gasteiger partial charge is 0.303 e. The van der Waals surface area contributed by atoms with E-state index in [1.165, 1.54) is 0 Å². The number of pyridine rings is 2. The van der Waals surface area contributed by atoms with E-state index in [1.54, 1.807) is 13.3 Å². The summed E-state index contributed by atoms with van der Waals surface area (Å²) in [6, 6.07) is 19.3. The molecule has 5 rings (SSSR count). The minimum atomic E-state index is -0.815. The lowest BCUT2D eigenvalue weighted by Crippen LogP contribution is -2.16. The van der Waals surface area contributed by atoms with E-state index in [9.17, 15) is 9.59 Å². The van der Waals surface area contributed by atoms with E-state index in [0.717, 1.165) is 44.7 Å². The number of hydrogen-bond donors (Lipinski definition) is 4. The highest BCUT2D eigenvalue weighted by molar-refractivity contribution is 6.39. The Kier molecular flexibility index (Phi) is 11.4. The maximum atomic E-state index is 10.8. The molecule has 2 aromatic carbocycles. The Morgan fingerprint density at radius 2 is 1.43 bits per heavy atom. The maximum absolute atomic E-state index is 10.8. The maximum Gasteiger partial charge on any atom is 0.303 e. The van der Waals surface area contributed by atoms with Crippen molar-refractivity contribution in [1.82, 2.24) is 25.0 Å². The van der Waals surface area contributed by atoms with Gasteiger partial charge in [0.1, 0.15) is 5.65 Å². The molecule has 0 atom stereocenters. The largest absolute Gasteiger partial charge is 0.481 e. The molecule has 0 saturated heterocycles. The highest BCUT2D eigenvalue weighted by Gasteiger charge is 2.18. The van der Waals surface area contributed by atoms with E-state index in [1.807, 2.05) is 71.3 Å². The summed E-state index contributed by atoms with van der Waals surface area (Å²) >= 11 is 14.1. The predicted octanol–water partition coefficient (Wildman–Crippen LogP) is 6.95. The van der Waals surface area contributed by atoms with Crippen LogP contribution in [0.1, 0.15) is 36.9 Å². The third-order valence-corrected chi connectivity index (χ3v) is 8.51. The van der Waals surface area contributed by atoms with Gasteiger partial charge in [-0.25, -0.2) is 9.97 Å². The molecule has 0 amide bonds. The summed E-state index contributed by atoms with van der Waals surface area (Å²) in [4.78, 5) is 30.8. The van der Waals surface area contributed by atoms with E-state index >= 15 is 0 Å². The van der Waals surface area contributed by atoms with Gasteiger partial charge in [0.15, 0.2) is 0 Å². The van der Waals surface area contributed by atoms with Crippen molar-refractivity contribution in [3.05, 3.63) is 94.4 Å². The zero-order valence-electron chi connectivity index (χ0n) is 25.8. The van der Waals surface area contributed by atoms with Crippen LogP contribution in [0.25, 0.3) is 39.2 Å². The highest BCUT2D eigenvalue weighted by Crippen LogP contribution is 2.42. The van der Waals surface area contributed by atoms with Gasteiger partial charge in [-0.1, -0.05) is 65.7 Å². The number of carbonyl (C=O) groups is 2. The molecule has 0 fully saturated rings. The Bertz CT molecular complexity index is 1890. The summed E-state index contributed by atoms with van der Waals surface area (Å²) in [6.07, 6.45) is 5.12. The molecule has 0 bridgehead atoms. The second-order valence-electron chi connectivity index (χ2n) is 10.9. The van der Waals surface area contributed by atoms with Crippen LogP contribution in [0.3, 0.4) is 0 Å². The molecule has 0 aliphatic rings. The van der Waals surface area contributed by atoms with Crippen LogP contribution in [0, 0.1) is 0 Å². The number of aliphatic carboxylic acids is 2. The molecule has 12 heteroatoms. The Balaban J connectivity index is 1.39. The van der Waals surface area contributed by atoms with Crippen LogP contribution in [0.4, 0.5) is 0 Å². The van der Waals surface area contributed by atoms with Crippen LogP contribution in [0.15, 0.2) is 73.1 Å². The molecule has 5 aromatic rings. The number of carboxylic acid groups (broad SMARTS) is 2. The van der Waals surface area contributed by atoms with Crippen LogP contribution >= 0.6 is 23.2 Å². The van der Waals surface area contributed by atoms with E-state index in [0.29, 0.717) is 60.6 Å². The first kappa shape index (κ1) is 33.9. The number of rotatable bonds is 16. The van der Waals surface area contributed by atoms with Crippen LogP contribution < -0.4 is 15.4 Å². The number of nitrogens with zero attached hydrogens (tertiary/aromatic N) is 3. The third kappa shape index (κ3) is 8.28. The number of methoxy groups -OCH3 is 1. The Labute approximate surface area is 282 Å². The van der Waals surface area contributed by atoms with Gasteiger partial charge >= 0.3 is 11.9 Å². The number of carboxylic acids is 2. The quantitative estimate of drug-likeness (QED) is 0.0818. The minimum Gasteiger partial charge on any atom is -0.481 e. The van der Waals surface area contributed by atoms with Crippen LogP contribution in [0.5, 0.6) is 5.88 Å². The zero-order chi connectivity index (χ0) is 33.3. The van der Waals surface area contributed by atoms with Crippen molar-refractivity contribution in [2.75, 3.05) is 20.2 Å². The van der Waals surface area contributed by atoms with E-state index in [2.05, 4.69) is 15.6 Å². The van der Waals surface area contributed by atoms with Crippen molar-refractivity contribution in [3.63, 3.8) is 0 Å². The number of hydrogen-bond acceptors (Lipinski definition) is 7. The highest BCUT2D eigenvalue weighted by atomic mass is 35.5. The minimum absolute atomic E-state index is 0.112. The molecule has 244 valence electrons. The van der Waals surface area contributed by atoms with Gasteiger partial charge in [-0.3, -0.25) is 9.59 Å². The molecule has 4 N–H and O–H groups in total. The van der Waals surface area contributed by atoms with Gasteiger partial charge in [0.2, 0.25) is 5.88 Å². The normalized spacial score (nSPS) is 11.2. The molecule has 0 spiro atoms. The number of nitrogens with one attached hydrogen (secondary N) is 2. The SMILES string of the molecule is COc1nc(-c2cccc(-c3cccc(-c4ccc5ncc(CNCCCC(=O)O)n5c4)c3Cl)c2Cl)ccc1CNCCCC(=O)O.